The van der Waals surface area contributed by atoms with Crippen LogP contribution in [0.4, 0.5) is 0 Å². The van der Waals surface area contributed by atoms with Crippen LogP contribution in [0, 0.1) is 5.92 Å². The average molecular weight is 235 g/mol. The highest BCUT2D eigenvalue weighted by molar-refractivity contribution is 5.70. The van der Waals surface area contributed by atoms with Crippen molar-refractivity contribution in [3.63, 3.8) is 0 Å². The predicted octanol–water partition coefficient (Wildman–Crippen LogP) is 2.47. The molecule has 0 aromatic heterocycles. The number of nitrogens with zero attached hydrogens (tertiary/aromatic N) is 1. The van der Waals surface area contributed by atoms with Crippen LogP contribution in [0.5, 0.6) is 0 Å². The minimum absolute atomic E-state index is 0.216. The lowest BCUT2D eigenvalue weighted by molar-refractivity contribution is -0.143. The smallest absolute Gasteiger partial charge is 0.307 e. The molecule has 1 fully saturated rings. The van der Waals surface area contributed by atoms with Gasteiger partial charge in [0.15, 0.2) is 0 Å². The zero-order chi connectivity index (χ0) is 12.8. The molecule has 0 aliphatic carbocycles. The van der Waals surface area contributed by atoms with Gasteiger partial charge in [-0.15, -0.1) is 0 Å². The van der Waals surface area contributed by atoms with Crippen LogP contribution < -0.4 is 0 Å². The Morgan fingerprint density at radius 1 is 1.47 bits per heavy atom. The molecule has 1 rings (SSSR count). The standard InChI is InChI=1S/C14H21NO2/c1-4-6-11(5-2)9-13-8-7-12(14(16)17)10-15(13)3/h4-6,12-13H,1-2,7-10H2,3H3,(H,16,17)/b11-6+. The molecule has 0 spiro atoms. The van der Waals surface area contributed by atoms with E-state index in [9.17, 15) is 4.79 Å². The molecule has 2 unspecified atom stereocenters. The van der Waals surface area contributed by atoms with E-state index < -0.39 is 5.97 Å². The fraction of sp³-hybridized carbons (Fsp3) is 0.500. The topological polar surface area (TPSA) is 40.5 Å². The first kappa shape index (κ1) is 13.7. The molecular formula is C14H21NO2. The zero-order valence-corrected chi connectivity index (χ0v) is 10.4. The fourth-order valence-electron chi connectivity index (χ4n) is 2.30. The predicted molar refractivity (Wildman–Crippen MR) is 69.9 cm³/mol. The summed E-state index contributed by atoms with van der Waals surface area (Å²) < 4.78 is 0. The molecule has 0 radical (unpaired) electrons. The summed E-state index contributed by atoms with van der Waals surface area (Å²) in [6.07, 6.45) is 8.18. The van der Waals surface area contributed by atoms with E-state index in [1.165, 1.54) is 0 Å². The lowest BCUT2D eigenvalue weighted by Crippen LogP contribution is -2.43. The highest BCUT2D eigenvalue weighted by Gasteiger charge is 2.29. The van der Waals surface area contributed by atoms with Gasteiger partial charge in [-0.2, -0.15) is 0 Å². The molecule has 0 aromatic rings. The van der Waals surface area contributed by atoms with E-state index in [1.807, 2.05) is 19.2 Å². The average Bonchev–Trinajstić information content (AvgIpc) is 2.30. The van der Waals surface area contributed by atoms with E-state index in [2.05, 4.69) is 18.1 Å². The third-order valence-corrected chi connectivity index (χ3v) is 3.39. The Bertz CT molecular complexity index is 333. The van der Waals surface area contributed by atoms with Crippen LogP contribution in [0.3, 0.4) is 0 Å². The van der Waals surface area contributed by atoms with E-state index in [4.69, 9.17) is 5.11 Å². The zero-order valence-electron chi connectivity index (χ0n) is 10.4. The van der Waals surface area contributed by atoms with Crippen molar-refractivity contribution in [1.82, 2.24) is 4.90 Å². The first-order valence-corrected chi connectivity index (χ1v) is 5.95. The van der Waals surface area contributed by atoms with Crippen molar-refractivity contribution in [2.45, 2.75) is 25.3 Å². The molecule has 1 aliphatic rings. The quantitative estimate of drug-likeness (QED) is 0.744. The largest absolute Gasteiger partial charge is 0.481 e. The van der Waals surface area contributed by atoms with Gasteiger partial charge in [0, 0.05) is 12.6 Å². The summed E-state index contributed by atoms with van der Waals surface area (Å²) in [5, 5.41) is 8.99. The first-order valence-electron chi connectivity index (χ1n) is 5.95. The molecule has 2 atom stereocenters. The van der Waals surface area contributed by atoms with E-state index >= 15 is 0 Å². The molecule has 1 heterocycles. The lowest BCUT2D eigenvalue weighted by Gasteiger charge is -2.35. The number of hydrogen-bond donors (Lipinski definition) is 1. The number of hydrogen-bond acceptors (Lipinski definition) is 2. The van der Waals surface area contributed by atoms with Gasteiger partial charge in [0.25, 0.3) is 0 Å². The number of carbonyl (C=O) groups is 1. The van der Waals surface area contributed by atoms with Crippen LogP contribution in [-0.2, 0) is 4.79 Å². The summed E-state index contributed by atoms with van der Waals surface area (Å²) in [6.45, 7) is 8.10. The molecule has 94 valence electrons. The third-order valence-electron chi connectivity index (χ3n) is 3.39. The molecule has 0 amide bonds. The van der Waals surface area contributed by atoms with E-state index in [-0.39, 0.29) is 5.92 Å². The summed E-state index contributed by atoms with van der Waals surface area (Å²) in [5.41, 5.74) is 1.16. The van der Waals surface area contributed by atoms with Crippen LogP contribution in [0.1, 0.15) is 19.3 Å². The normalized spacial score (nSPS) is 26.5. The van der Waals surface area contributed by atoms with Crippen molar-refractivity contribution >= 4 is 5.97 Å². The van der Waals surface area contributed by atoms with E-state index in [0.29, 0.717) is 12.6 Å². The number of piperidine rings is 1. The number of likely N-dealkylation sites (tertiary alicyclic amines) is 1. The van der Waals surface area contributed by atoms with Crippen molar-refractivity contribution in [2.24, 2.45) is 5.92 Å². The molecule has 0 aromatic carbocycles. The molecule has 3 heteroatoms. The monoisotopic (exact) mass is 235 g/mol. The maximum atomic E-state index is 10.9. The van der Waals surface area contributed by atoms with Crippen LogP contribution in [0.25, 0.3) is 0 Å². The SMILES string of the molecule is C=C/C=C(\C=C)CC1CCC(C(=O)O)CN1C. The summed E-state index contributed by atoms with van der Waals surface area (Å²) >= 11 is 0. The van der Waals surface area contributed by atoms with Gasteiger partial charge in [0.2, 0.25) is 0 Å². The van der Waals surface area contributed by atoms with Gasteiger partial charge < -0.3 is 10.0 Å². The van der Waals surface area contributed by atoms with Gasteiger partial charge in [-0.25, -0.2) is 0 Å². The molecule has 3 nitrogen and oxygen atoms in total. The minimum atomic E-state index is -0.680. The molecule has 0 saturated carbocycles. The van der Waals surface area contributed by atoms with Gasteiger partial charge in [-0.05, 0) is 31.9 Å². The van der Waals surface area contributed by atoms with E-state index in [1.54, 1.807) is 6.08 Å². The van der Waals surface area contributed by atoms with Crippen LogP contribution in [0.2, 0.25) is 0 Å². The fourth-order valence-corrected chi connectivity index (χ4v) is 2.30. The van der Waals surface area contributed by atoms with Crippen molar-refractivity contribution in [3.05, 3.63) is 37.0 Å². The van der Waals surface area contributed by atoms with Crippen LogP contribution in [0.15, 0.2) is 37.0 Å². The molecule has 1 saturated heterocycles. The highest BCUT2D eigenvalue weighted by Crippen LogP contribution is 2.25. The molecule has 1 N–H and O–H groups in total. The molecule has 1 aliphatic heterocycles. The van der Waals surface area contributed by atoms with Gasteiger partial charge in [-0.3, -0.25) is 4.79 Å². The number of aliphatic carboxylic acids is 1. The Labute approximate surface area is 103 Å². The lowest BCUT2D eigenvalue weighted by atomic mass is 9.90. The van der Waals surface area contributed by atoms with Crippen LogP contribution in [-0.4, -0.2) is 35.6 Å². The van der Waals surface area contributed by atoms with Gasteiger partial charge >= 0.3 is 5.97 Å². The highest BCUT2D eigenvalue weighted by atomic mass is 16.4. The summed E-state index contributed by atoms with van der Waals surface area (Å²) in [4.78, 5) is 13.1. The molecule has 17 heavy (non-hydrogen) atoms. The number of allylic oxidation sites excluding steroid dienone is 3. The van der Waals surface area contributed by atoms with Crippen molar-refractivity contribution in [1.29, 1.82) is 0 Å². The Hall–Kier alpha value is -1.35. The Balaban J connectivity index is 2.57. The maximum absolute atomic E-state index is 10.9. The second-order valence-corrected chi connectivity index (χ2v) is 4.59. The van der Waals surface area contributed by atoms with Crippen molar-refractivity contribution in [2.75, 3.05) is 13.6 Å². The number of rotatable bonds is 5. The minimum Gasteiger partial charge on any atom is -0.481 e. The van der Waals surface area contributed by atoms with Gasteiger partial charge in [-0.1, -0.05) is 31.4 Å². The Kier molecular flexibility index (Phi) is 5.16. The number of carboxylic acids is 1. The first-order chi connectivity index (χ1) is 8.08. The second kappa shape index (κ2) is 6.40. The van der Waals surface area contributed by atoms with E-state index in [0.717, 1.165) is 24.8 Å². The third kappa shape index (κ3) is 3.86. The maximum Gasteiger partial charge on any atom is 0.307 e. The van der Waals surface area contributed by atoms with Crippen molar-refractivity contribution < 1.29 is 9.90 Å². The summed E-state index contributed by atoms with van der Waals surface area (Å²) in [7, 11) is 1.99. The Morgan fingerprint density at radius 2 is 2.18 bits per heavy atom. The summed E-state index contributed by atoms with van der Waals surface area (Å²) in [5.74, 6) is -0.896. The molecular weight excluding hydrogens is 214 g/mol. The van der Waals surface area contributed by atoms with Crippen LogP contribution >= 0.6 is 0 Å². The van der Waals surface area contributed by atoms with Gasteiger partial charge in [0.1, 0.15) is 0 Å². The molecule has 0 bridgehead atoms. The van der Waals surface area contributed by atoms with Crippen molar-refractivity contribution in [3.8, 4) is 0 Å². The number of carboxylic acid groups (broad SMARTS) is 1. The van der Waals surface area contributed by atoms with Gasteiger partial charge in [0.05, 0.1) is 5.92 Å². The summed E-state index contributed by atoms with van der Waals surface area (Å²) in [6, 6.07) is 0.412. The Morgan fingerprint density at radius 3 is 2.65 bits per heavy atom. The second-order valence-electron chi connectivity index (χ2n) is 4.59.